The van der Waals surface area contributed by atoms with Gasteiger partial charge in [0.2, 0.25) is 0 Å². The summed E-state index contributed by atoms with van der Waals surface area (Å²) in [6, 6.07) is 13.0. The molecular formula is C28H35ClN5O6P. The summed E-state index contributed by atoms with van der Waals surface area (Å²) >= 11 is 6.12. The molecule has 3 atom stereocenters. The largest absolute Gasteiger partial charge is 0.462 e. The van der Waals surface area contributed by atoms with E-state index in [1.54, 1.807) is 39.0 Å². The van der Waals surface area contributed by atoms with Gasteiger partial charge in [0, 0.05) is 17.0 Å². The molecule has 4 aromatic rings. The van der Waals surface area contributed by atoms with Gasteiger partial charge in [0.1, 0.15) is 29.7 Å². The number of nitrogens with zero attached hydrogens (tertiary/aromatic N) is 3. The Labute approximate surface area is 243 Å². The van der Waals surface area contributed by atoms with Crippen molar-refractivity contribution >= 4 is 53.1 Å². The Morgan fingerprint density at radius 2 is 1.88 bits per heavy atom. The van der Waals surface area contributed by atoms with Crippen LogP contribution in [0.5, 0.6) is 5.75 Å². The third kappa shape index (κ3) is 7.55. The lowest BCUT2D eigenvalue weighted by Crippen LogP contribution is -2.37. The second kappa shape index (κ2) is 13.2. The van der Waals surface area contributed by atoms with Crippen molar-refractivity contribution in [3.8, 4) is 5.75 Å². The van der Waals surface area contributed by atoms with E-state index < -0.39 is 25.9 Å². The Morgan fingerprint density at radius 3 is 2.59 bits per heavy atom. The van der Waals surface area contributed by atoms with Gasteiger partial charge in [-0.15, -0.1) is 0 Å². The second-order valence-corrected chi connectivity index (χ2v) is 11.9. The second-order valence-electron chi connectivity index (χ2n) is 9.79. The number of fused-ring (bicyclic) bond motifs is 3. The zero-order chi connectivity index (χ0) is 29.7. The number of carbonyl (C=O) groups excluding carboxylic acids is 1. The number of imidazole rings is 1. The number of anilines is 1. The van der Waals surface area contributed by atoms with Gasteiger partial charge < -0.3 is 24.3 Å². The highest BCUT2D eigenvalue weighted by Gasteiger charge is 2.35. The number of nitrogens with one attached hydrogen (secondary N) is 1. The predicted octanol–water partition coefficient (Wildman–Crippen LogP) is 5.88. The zero-order valence-corrected chi connectivity index (χ0v) is 25.3. The van der Waals surface area contributed by atoms with E-state index in [0.717, 1.165) is 10.9 Å². The van der Waals surface area contributed by atoms with Gasteiger partial charge in [-0.05, 0) is 58.9 Å². The Bertz CT molecular complexity index is 1580. The third-order valence-corrected chi connectivity index (χ3v) is 7.99. The molecule has 3 N–H and O–H groups in total. The van der Waals surface area contributed by atoms with Crippen LogP contribution in [0, 0.1) is 0 Å². The molecule has 220 valence electrons. The number of aromatic nitrogens is 3. The van der Waals surface area contributed by atoms with E-state index in [9.17, 15) is 9.36 Å². The average Bonchev–Trinajstić information content (AvgIpc) is 3.25. The van der Waals surface area contributed by atoms with Gasteiger partial charge in [-0.1, -0.05) is 35.9 Å². The van der Waals surface area contributed by atoms with E-state index in [0.29, 0.717) is 28.5 Å². The predicted molar refractivity (Wildman–Crippen MR) is 159 cm³/mol. The molecule has 0 saturated carbocycles. The van der Waals surface area contributed by atoms with Gasteiger partial charge in [-0.2, -0.15) is 5.09 Å². The molecule has 0 aliphatic heterocycles. The highest BCUT2D eigenvalue weighted by atomic mass is 35.5. The molecule has 0 unspecified atom stereocenters. The first-order chi connectivity index (χ1) is 19.5. The molecule has 13 heteroatoms. The van der Waals surface area contributed by atoms with Crippen molar-refractivity contribution in [2.75, 3.05) is 12.3 Å². The van der Waals surface area contributed by atoms with Gasteiger partial charge >= 0.3 is 13.7 Å². The lowest BCUT2D eigenvalue weighted by atomic mass is 10.2. The summed E-state index contributed by atoms with van der Waals surface area (Å²) < 4.78 is 38.9. The summed E-state index contributed by atoms with van der Waals surface area (Å²) in [4.78, 5) is 21.8. The molecule has 2 heterocycles. The van der Waals surface area contributed by atoms with Crippen LogP contribution in [0.15, 0.2) is 48.5 Å². The molecule has 0 bridgehead atoms. The van der Waals surface area contributed by atoms with E-state index in [4.69, 9.17) is 40.8 Å². The highest BCUT2D eigenvalue weighted by Crippen LogP contribution is 2.47. The minimum absolute atomic E-state index is 0.208. The van der Waals surface area contributed by atoms with Crippen LogP contribution < -0.4 is 15.3 Å². The van der Waals surface area contributed by atoms with Crippen LogP contribution >= 0.6 is 19.3 Å². The maximum absolute atomic E-state index is 14.1. The Hall–Kier alpha value is -3.21. The minimum Gasteiger partial charge on any atom is -0.462 e. The minimum atomic E-state index is -4.15. The molecule has 2 aromatic carbocycles. The molecule has 0 aliphatic carbocycles. The van der Waals surface area contributed by atoms with Gasteiger partial charge in [0.05, 0.1) is 29.8 Å². The third-order valence-electron chi connectivity index (χ3n) is 5.96. The number of hydrogen-bond acceptors (Lipinski definition) is 9. The number of halogens is 1. The summed E-state index contributed by atoms with van der Waals surface area (Å²) in [5, 5.41) is 3.95. The number of rotatable bonds is 13. The molecule has 0 saturated heterocycles. The molecule has 0 radical (unpaired) electrons. The summed E-state index contributed by atoms with van der Waals surface area (Å²) in [7, 11) is -4.15. The monoisotopic (exact) mass is 603 g/mol. The SMILES string of the molecule is CCOCc1nc2c(N)nc3ccccc3c2n1C[C@@H](C)O[P@](=O)(N[C@@H](C)C(=O)OC(C)C)Oc1cccc(Cl)c1. The summed E-state index contributed by atoms with van der Waals surface area (Å²) in [6.45, 7) is 9.54. The van der Waals surface area contributed by atoms with Gasteiger partial charge in [0.25, 0.3) is 0 Å². The number of para-hydroxylation sites is 1. The van der Waals surface area contributed by atoms with Gasteiger partial charge in [-0.3, -0.25) is 9.32 Å². The number of benzene rings is 2. The van der Waals surface area contributed by atoms with E-state index in [-0.39, 0.29) is 30.8 Å². The smallest absolute Gasteiger partial charge is 0.459 e. The van der Waals surface area contributed by atoms with E-state index >= 15 is 0 Å². The molecule has 41 heavy (non-hydrogen) atoms. The number of hydrogen-bond donors (Lipinski definition) is 2. The first kappa shape index (κ1) is 30.7. The summed E-state index contributed by atoms with van der Waals surface area (Å²) in [5.41, 5.74) is 8.30. The lowest BCUT2D eigenvalue weighted by Gasteiger charge is -2.26. The number of esters is 1. The topological polar surface area (TPSA) is 140 Å². The maximum atomic E-state index is 14.1. The zero-order valence-electron chi connectivity index (χ0n) is 23.7. The molecular weight excluding hydrogens is 569 g/mol. The van der Waals surface area contributed by atoms with Crippen molar-refractivity contribution in [2.45, 2.75) is 66.0 Å². The number of carbonyl (C=O) groups is 1. The van der Waals surface area contributed by atoms with Crippen molar-refractivity contribution in [1.82, 2.24) is 19.6 Å². The average molecular weight is 604 g/mol. The van der Waals surface area contributed by atoms with Crippen LogP contribution in [0.3, 0.4) is 0 Å². The van der Waals surface area contributed by atoms with E-state index in [1.807, 2.05) is 35.8 Å². The Kier molecular flexibility index (Phi) is 9.88. The van der Waals surface area contributed by atoms with Crippen LogP contribution in [0.25, 0.3) is 21.9 Å². The maximum Gasteiger partial charge on any atom is 0.459 e. The Morgan fingerprint density at radius 1 is 1.12 bits per heavy atom. The molecule has 2 aromatic heterocycles. The van der Waals surface area contributed by atoms with E-state index in [2.05, 4.69) is 10.1 Å². The van der Waals surface area contributed by atoms with Crippen LogP contribution in [0.4, 0.5) is 5.82 Å². The van der Waals surface area contributed by atoms with Gasteiger partial charge in [0.15, 0.2) is 5.82 Å². The van der Waals surface area contributed by atoms with Crippen molar-refractivity contribution in [2.24, 2.45) is 0 Å². The summed E-state index contributed by atoms with van der Waals surface area (Å²) in [5.74, 6) is 0.507. The number of nitrogens with two attached hydrogens (primary N) is 1. The van der Waals surface area contributed by atoms with E-state index in [1.165, 1.54) is 13.0 Å². The molecule has 4 rings (SSSR count). The fourth-order valence-corrected chi connectivity index (χ4v) is 6.15. The standard InChI is InChI=1S/C28H35ClN5O6P/c1-6-37-16-24-32-25-26(22-12-7-8-13-23(22)31-27(25)30)34(24)15-18(4)39-41(36,33-19(5)28(35)38-17(2)3)40-21-11-9-10-20(29)14-21/h7-14,17-19H,6,15-16H2,1-5H3,(H2,30,31)(H,33,36)/t18-,19+,41-/m1/s1. The molecule has 11 nitrogen and oxygen atoms in total. The van der Waals surface area contributed by atoms with Crippen LogP contribution in [0.1, 0.15) is 40.4 Å². The van der Waals surface area contributed by atoms with Crippen molar-refractivity contribution in [3.05, 3.63) is 59.4 Å². The highest BCUT2D eigenvalue weighted by molar-refractivity contribution is 7.52. The number of nitrogen functional groups attached to an aromatic ring is 1. The number of pyridine rings is 1. The van der Waals surface area contributed by atoms with Crippen LogP contribution in [0.2, 0.25) is 5.02 Å². The fourth-order valence-electron chi connectivity index (χ4n) is 4.30. The molecule has 0 fully saturated rings. The first-order valence-electron chi connectivity index (χ1n) is 13.3. The normalized spacial score (nSPS) is 14.7. The van der Waals surface area contributed by atoms with Crippen molar-refractivity contribution < 1.29 is 27.9 Å². The van der Waals surface area contributed by atoms with Crippen molar-refractivity contribution in [1.29, 1.82) is 0 Å². The molecule has 0 amide bonds. The first-order valence-corrected chi connectivity index (χ1v) is 15.2. The lowest BCUT2D eigenvalue weighted by molar-refractivity contribution is -0.149. The van der Waals surface area contributed by atoms with Crippen LogP contribution in [-0.4, -0.2) is 45.4 Å². The molecule has 0 aliphatic rings. The Balaban J connectivity index is 1.69. The molecule has 0 spiro atoms. The van der Waals surface area contributed by atoms with Crippen LogP contribution in [-0.2, 0) is 36.5 Å². The summed E-state index contributed by atoms with van der Waals surface area (Å²) in [6.07, 6.45) is -1.05. The number of ether oxygens (including phenoxy) is 2. The quantitative estimate of drug-likeness (QED) is 0.141. The van der Waals surface area contributed by atoms with Gasteiger partial charge in [-0.25, -0.2) is 14.5 Å². The van der Waals surface area contributed by atoms with Crippen molar-refractivity contribution in [3.63, 3.8) is 0 Å². The fraction of sp³-hybridized carbons (Fsp3) is 0.393.